The van der Waals surface area contributed by atoms with Gasteiger partial charge in [0.15, 0.2) is 5.76 Å². The van der Waals surface area contributed by atoms with E-state index in [0.29, 0.717) is 6.61 Å². The van der Waals surface area contributed by atoms with Crippen LogP contribution in [0.4, 0.5) is 0 Å². The summed E-state index contributed by atoms with van der Waals surface area (Å²) < 4.78 is 5.98. The van der Waals surface area contributed by atoms with E-state index in [4.69, 9.17) is 4.74 Å². The first kappa shape index (κ1) is 7.68. The van der Waals surface area contributed by atoms with Crippen LogP contribution in [0.5, 0.6) is 0 Å². The van der Waals surface area contributed by atoms with Crippen LogP contribution in [0, 0.1) is 0 Å². The summed E-state index contributed by atoms with van der Waals surface area (Å²) in [6, 6.07) is 5.74. The number of aliphatic hydroxyl groups excluding tert-OH is 1. The predicted octanol–water partition coefficient (Wildman–Crippen LogP) is 2.84. The topological polar surface area (TPSA) is 29.5 Å². The van der Waals surface area contributed by atoms with Crippen LogP contribution in [-0.2, 0) is 11.3 Å². The van der Waals surface area contributed by atoms with E-state index in [1.165, 1.54) is 6.26 Å². The van der Waals surface area contributed by atoms with Gasteiger partial charge >= 0.3 is 0 Å². The lowest BCUT2D eigenvalue weighted by atomic mass is 10.1. The number of fused-ring (bicyclic) bond motifs is 1. The number of benzene rings is 1. The second-order valence-electron chi connectivity index (χ2n) is 2.62. The van der Waals surface area contributed by atoms with E-state index in [2.05, 4.69) is 15.9 Å². The lowest BCUT2D eigenvalue weighted by molar-refractivity contribution is 0.222. The molecule has 1 aliphatic heterocycles. The van der Waals surface area contributed by atoms with Crippen LogP contribution in [0.25, 0.3) is 5.76 Å². The zero-order valence-corrected chi connectivity index (χ0v) is 7.84. The Morgan fingerprint density at radius 3 is 3.08 bits per heavy atom. The number of aliphatic hydroxyl groups is 1. The van der Waals surface area contributed by atoms with E-state index in [-0.39, 0.29) is 5.76 Å². The van der Waals surface area contributed by atoms with Gasteiger partial charge in [0, 0.05) is 15.6 Å². The van der Waals surface area contributed by atoms with Gasteiger partial charge in [-0.25, -0.2) is 0 Å². The third kappa shape index (κ3) is 1.20. The minimum absolute atomic E-state index is 0.192. The Bertz CT molecular complexity index is 344. The van der Waals surface area contributed by atoms with Crippen LogP contribution >= 0.6 is 15.9 Å². The standard InChI is InChI=1S/C9H7BrO2/c10-7-2-1-6-4-12-5-9(11)8(6)3-7/h1-3,5,11H,4H2. The summed E-state index contributed by atoms with van der Waals surface area (Å²) in [5.41, 5.74) is 1.86. The smallest absolute Gasteiger partial charge is 0.157 e. The van der Waals surface area contributed by atoms with Crippen LogP contribution < -0.4 is 0 Å². The van der Waals surface area contributed by atoms with E-state index in [1.54, 1.807) is 0 Å². The van der Waals surface area contributed by atoms with Crippen molar-refractivity contribution in [2.75, 3.05) is 0 Å². The molecule has 1 aromatic carbocycles. The molecule has 62 valence electrons. The van der Waals surface area contributed by atoms with Gasteiger partial charge in [-0.05, 0) is 12.1 Å². The maximum absolute atomic E-state index is 9.40. The number of hydrogen-bond acceptors (Lipinski definition) is 2. The summed E-state index contributed by atoms with van der Waals surface area (Å²) in [4.78, 5) is 0. The molecule has 2 nitrogen and oxygen atoms in total. The van der Waals surface area contributed by atoms with Gasteiger partial charge in [0.1, 0.15) is 12.9 Å². The van der Waals surface area contributed by atoms with Crippen molar-refractivity contribution < 1.29 is 9.84 Å². The Balaban J connectivity index is 2.58. The monoisotopic (exact) mass is 226 g/mol. The molecule has 0 fully saturated rings. The van der Waals surface area contributed by atoms with Gasteiger partial charge in [-0.2, -0.15) is 0 Å². The highest BCUT2D eigenvalue weighted by molar-refractivity contribution is 9.10. The van der Waals surface area contributed by atoms with Crippen LogP contribution in [0.3, 0.4) is 0 Å². The van der Waals surface area contributed by atoms with Crippen LogP contribution in [0.15, 0.2) is 28.9 Å². The number of hydrogen-bond donors (Lipinski definition) is 1. The van der Waals surface area contributed by atoms with Crippen molar-refractivity contribution in [2.24, 2.45) is 0 Å². The molecule has 0 radical (unpaired) electrons. The highest BCUT2D eigenvalue weighted by Crippen LogP contribution is 2.25. The Labute approximate surface area is 78.6 Å². The fourth-order valence-electron chi connectivity index (χ4n) is 1.19. The zero-order chi connectivity index (χ0) is 8.55. The quantitative estimate of drug-likeness (QED) is 0.738. The fourth-order valence-corrected chi connectivity index (χ4v) is 1.55. The van der Waals surface area contributed by atoms with Crippen molar-refractivity contribution in [3.05, 3.63) is 40.1 Å². The molecule has 2 rings (SSSR count). The molecule has 1 aromatic rings. The summed E-state index contributed by atoms with van der Waals surface area (Å²) in [6.45, 7) is 0.534. The molecule has 0 amide bonds. The predicted molar refractivity (Wildman–Crippen MR) is 49.5 cm³/mol. The Kier molecular flexibility index (Phi) is 1.81. The average molecular weight is 227 g/mol. The van der Waals surface area contributed by atoms with Crippen molar-refractivity contribution in [1.29, 1.82) is 0 Å². The van der Waals surface area contributed by atoms with E-state index >= 15 is 0 Å². The van der Waals surface area contributed by atoms with Gasteiger partial charge in [0.25, 0.3) is 0 Å². The third-order valence-corrected chi connectivity index (χ3v) is 2.27. The largest absolute Gasteiger partial charge is 0.504 e. The van der Waals surface area contributed by atoms with Crippen molar-refractivity contribution in [3.8, 4) is 0 Å². The molecule has 0 unspecified atom stereocenters. The van der Waals surface area contributed by atoms with E-state index in [0.717, 1.165) is 15.6 Å². The van der Waals surface area contributed by atoms with Crippen molar-refractivity contribution in [3.63, 3.8) is 0 Å². The summed E-state index contributed by atoms with van der Waals surface area (Å²) in [5, 5.41) is 9.40. The van der Waals surface area contributed by atoms with Gasteiger partial charge in [-0.1, -0.05) is 22.0 Å². The molecule has 12 heavy (non-hydrogen) atoms. The van der Waals surface area contributed by atoms with Gasteiger partial charge in [-0.3, -0.25) is 0 Å². The SMILES string of the molecule is OC1=COCc2ccc(Br)cc21. The van der Waals surface area contributed by atoms with E-state index in [1.807, 2.05) is 18.2 Å². The molecule has 0 aromatic heterocycles. The summed E-state index contributed by atoms with van der Waals surface area (Å²) >= 11 is 3.34. The molecule has 1 aliphatic rings. The van der Waals surface area contributed by atoms with E-state index < -0.39 is 0 Å². The third-order valence-electron chi connectivity index (χ3n) is 1.78. The van der Waals surface area contributed by atoms with Gasteiger partial charge in [-0.15, -0.1) is 0 Å². The number of rotatable bonds is 0. The number of ether oxygens (including phenoxy) is 1. The van der Waals surface area contributed by atoms with Crippen LogP contribution in [0.1, 0.15) is 11.1 Å². The average Bonchev–Trinajstić information content (AvgIpc) is 2.07. The molecular formula is C9H7BrO2. The Morgan fingerprint density at radius 1 is 1.42 bits per heavy atom. The minimum atomic E-state index is 0.192. The Morgan fingerprint density at radius 2 is 2.25 bits per heavy atom. The summed E-state index contributed by atoms with van der Waals surface area (Å²) in [6.07, 6.45) is 1.37. The van der Waals surface area contributed by atoms with Crippen molar-refractivity contribution in [2.45, 2.75) is 6.61 Å². The lowest BCUT2D eigenvalue weighted by Gasteiger charge is -2.14. The Hall–Kier alpha value is -0.960. The van der Waals surface area contributed by atoms with Crippen LogP contribution in [-0.4, -0.2) is 5.11 Å². The molecule has 1 heterocycles. The summed E-state index contributed by atoms with van der Waals surface area (Å²) in [5.74, 6) is 0.192. The first-order valence-electron chi connectivity index (χ1n) is 3.57. The second-order valence-corrected chi connectivity index (χ2v) is 3.53. The van der Waals surface area contributed by atoms with Gasteiger partial charge in [0.2, 0.25) is 0 Å². The maximum atomic E-state index is 9.40. The van der Waals surface area contributed by atoms with Crippen LogP contribution in [0.2, 0.25) is 0 Å². The molecule has 3 heteroatoms. The van der Waals surface area contributed by atoms with Crippen molar-refractivity contribution in [1.82, 2.24) is 0 Å². The van der Waals surface area contributed by atoms with E-state index in [9.17, 15) is 5.11 Å². The molecule has 0 saturated carbocycles. The molecule has 0 bridgehead atoms. The molecule has 0 atom stereocenters. The molecular weight excluding hydrogens is 220 g/mol. The first-order valence-corrected chi connectivity index (χ1v) is 4.36. The normalized spacial score (nSPS) is 14.6. The molecule has 0 saturated heterocycles. The fraction of sp³-hybridized carbons (Fsp3) is 0.111. The van der Waals surface area contributed by atoms with Crippen molar-refractivity contribution >= 4 is 21.7 Å². The molecule has 1 N–H and O–H groups in total. The molecule has 0 aliphatic carbocycles. The van der Waals surface area contributed by atoms with Gasteiger partial charge in [0.05, 0.1) is 0 Å². The first-order chi connectivity index (χ1) is 5.77. The molecule has 0 spiro atoms. The van der Waals surface area contributed by atoms with Gasteiger partial charge < -0.3 is 9.84 Å². The number of halogens is 1. The zero-order valence-electron chi connectivity index (χ0n) is 6.25. The maximum Gasteiger partial charge on any atom is 0.157 e. The minimum Gasteiger partial charge on any atom is -0.504 e. The summed E-state index contributed by atoms with van der Waals surface area (Å²) in [7, 11) is 0. The second kappa shape index (κ2) is 2.83. The highest BCUT2D eigenvalue weighted by atomic mass is 79.9. The lowest BCUT2D eigenvalue weighted by Crippen LogP contribution is -2.00. The highest BCUT2D eigenvalue weighted by Gasteiger charge is 2.11.